The minimum absolute atomic E-state index is 0.151. The number of hydrogen-bond donors (Lipinski definition) is 1. The molecule has 0 fully saturated rings. The Morgan fingerprint density at radius 3 is 2.45 bits per heavy atom. The van der Waals surface area contributed by atoms with Crippen LogP contribution in [-0.2, 0) is 9.59 Å². The van der Waals surface area contributed by atoms with E-state index in [9.17, 15) is 14.0 Å². The van der Waals surface area contributed by atoms with Gasteiger partial charge in [-0.1, -0.05) is 36.4 Å². The largest absolute Gasteiger partial charge is 0.341 e. The highest BCUT2D eigenvalue weighted by Crippen LogP contribution is 2.29. The number of thiophene rings is 1. The van der Waals surface area contributed by atoms with Gasteiger partial charge in [-0.3, -0.25) is 14.5 Å². The summed E-state index contributed by atoms with van der Waals surface area (Å²) in [7, 11) is 0. The van der Waals surface area contributed by atoms with Crippen LogP contribution in [0.15, 0.2) is 83.6 Å². The van der Waals surface area contributed by atoms with Crippen LogP contribution in [0.1, 0.15) is 29.1 Å². The number of para-hydroxylation sites is 1. The molecule has 0 spiro atoms. The fourth-order valence-electron chi connectivity index (χ4n) is 3.24. The molecule has 8 heteroatoms. The van der Waals surface area contributed by atoms with Crippen molar-refractivity contribution < 1.29 is 14.0 Å². The van der Waals surface area contributed by atoms with Crippen LogP contribution in [0.4, 0.5) is 15.2 Å². The number of halogens is 1. The molecule has 0 radical (unpaired) electrons. The molecule has 2 aromatic carbocycles. The van der Waals surface area contributed by atoms with E-state index < -0.39 is 0 Å². The third kappa shape index (κ3) is 5.60. The molecule has 2 amide bonds. The molecule has 166 valence electrons. The molecule has 2 aromatic heterocycles. The number of carbonyl (C=O) groups is 2. The smallest absolute Gasteiger partial charge is 0.244 e. The summed E-state index contributed by atoms with van der Waals surface area (Å²) in [5.74, 6) is -0.787. The van der Waals surface area contributed by atoms with E-state index in [2.05, 4.69) is 10.3 Å². The molecule has 0 saturated heterocycles. The zero-order chi connectivity index (χ0) is 23.2. The lowest BCUT2D eigenvalue weighted by Crippen LogP contribution is -2.27. The van der Waals surface area contributed by atoms with Gasteiger partial charge in [-0.25, -0.2) is 9.37 Å². The number of aromatic nitrogens is 1. The van der Waals surface area contributed by atoms with Crippen LogP contribution in [0.25, 0.3) is 6.08 Å². The van der Waals surface area contributed by atoms with Crippen LogP contribution in [0.2, 0.25) is 0 Å². The number of nitrogens with zero attached hydrogens (tertiary/aromatic N) is 2. The van der Waals surface area contributed by atoms with E-state index in [0.29, 0.717) is 10.8 Å². The van der Waals surface area contributed by atoms with Crippen LogP contribution >= 0.6 is 22.7 Å². The summed E-state index contributed by atoms with van der Waals surface area (Å²) in [4.78, 5) is 31.8. The third-order valence-corrected chi connectivity index (χ3v) is 6.53. The minimum Gasteiger partial charge on any atom is -0.341 e. The Morgan fingerprint density at radius 2 is 1.79 bits per heavy atom. The van der Waals surface area contributed by atoms with E-state index in [1.54, 1.807) is 23.6 Å². The summed E-state index contributed by atoms with van der Waals surface area (Å²) in [5.41, 5.74) is 2.09. The van der Waals surface area contributed by atoms with Crippen LogP contribution in [-0.4, -0.2) is 16.8 Å². The van der Waals surface area contributed by atoms with Crippen molar-refractivity contribution in [1.82, 2.24) is 10.3 Å². The van der Waals surface area contributed by atoms with Crippen LogP contribution in [0, 0.1) is 5.82 Å². The SMILES string of the molecule is CC(=O)N(c1ccccc1)c1nc(/C=C/C(=O)NC(c2ccc(F)cc2)c2cccs2)cs1. The molecular weight excluding hydrogens is 457 g/mol. The molecular formula is C25H20FN3O2S2. The average molecular weight is 478 g/mol. The Morgan fingerprint density at radius 1 is 1.03 bits per heavy atom. The number of benzene rings is 2. The molecule has 0 aliphatic heterocycles. The van der Waals surface area contributed by atoms with Crippen molar-refractivity contribution in [3.8, 4) is 0 Å². The second-order valence-corrected chi connectivity index (χ2v) is 8.90. The first-order chi connectivity index (χ1) is 16.0. The monoisotopic (exact) mass is 477 g/mol. The Kier molecular flexibility index (Phi) is 7.07. The van der Waals surface area contributed by atoms with Crippen molar-refractivity contribution in [3.63, 3.8) is 0 Å². The summed E-state index contributed by atoms with van der Waals surface area (Å²) < 4.78 is 13.4. The molecule has 5 nitrogen and oxygen atoms in total. The number of hydrogen-bond acceptors (Lipinski definition) is 5. The number of anilines is 2. The van der Waals surface area contributed by atoms with Gasteiger partial charge in [0.1, 0.15) is 5.82 Å². The molecule has 1 atom stereocenters. The van der Waals surface area contributed by atoms with Gasteiger partial charge >= 0.3 is 0 Å². The van der Waals surface area contributed by atoms with E-state index >= 15 is 0 Å². The molecule has 33 heavy (non-hydrogen) atoms. The molecule has 4 aromatic rings. The number of carbonyl (C=O) groups excluding carboxylic acids is 2. The van der Waals surface area contributed by atoms with Crippen molar-refractivity contribution in [2.24, 2.45) is 0 Å². The van der Waals surface area contributed by atoms with Gasteiger partial charge in [-0.2, -0.15) is 0 Å². The molecule has 1 unspecified atom stereocenters. The van der Waals surface area contributed by atoms with E-state index in [-0.39, 0.29) is 23.7 Å². The minimum atomic E-state index is -0.389. The Bertz CT molecular complexity index is 1250. The predicted octanol–water partition coefficient (Wildman–Crippen LogP) is 5.95. The molecule has 4 rings (SSSR count). The van der Waals surface area contributed by atoms with Gasteiger partial charge in [-0.15, -0.1) is 22.7 Å². The van der Waals surface area contributed by atoms with Crippen molar-refractivity contribution in [3.05, 3.63) is 106 Å². The molecule has 1 N–H and O–H groups in total. The Balaban J connectivity index is 1.50. The lowest BCUT2D eigenvalue weighted by Gasteiger charge is -2.17. The molecule has 2 heterocycles. The third-order valence-electron chi connectivity index (χ3n) is 4.75. The maximum atomic E-state index is 13.4. The molecule has 0 aliphatic rings. The summed E-state index contributed by atoms with van der Waals surface area (Å²) in [6.45, 7) is 1.48. The van der Waals surface area contributed by atoms with E-state index in [0.717, 1.165) is 16.1 Å². The maximum absolute atomic E-state index is 13.4. The number of nitrogens with one attached hydrogen (secondary N) is 1. The first-order valence-electron chi connectivity index (χ1n) is 10.1. The standard InChI is InChI=1S/C25H20FN3O2S2/c1-17(30)29(21-6-3-2-4-7-21)25-27-20(16-33-25)13-14-23(31)28-24(22-8-5-15-32-22)18-9-11-19(26)12-10-18/h2-16,24H,1H3,(H,28,31)/b14-13+. The Hall–Kier alpha value is -3.62. The lowest BCUT2D eigenvalue weighted by molar-refractivity contribution is -0.117. The summed E-state index contributed by atoms with van der Waals surface area (Å²) in [6, 6.07) is 18.8. The first-order valence-corrected chi connectivity index (χ1v) is 11.9. The summed E-state index contributed by atoms with van der Waals surface area (Å²) >= 11 is 2.83. The van der Waals surface area contributed by atoms with E-state index in [4.69, 9.17) is 0 Å². The maximum Gasteiger partial charge on any atom is 0.244 e. The van der Waals surface area contributed by atoms with Crippen LogP contribution in [0.3, 0.4) is 0 Å². The highest BCUT2D eigenvalue weighted by atomic mass is 32.1. The predicted molar refractivity (Wildman–Crippen MR) is 131 cm³/mol. The molecule has 0 aliphatic carbocycles. The molecule has 0 bridgehead atoms. The normalized spacial score (nSPS) is 11.9. The second kappa shape index (κ2) is 10.3. The number of amides is 2. The van der Waals surface area contributed by atoms with Gasteiger partial charge in [0.25, 0.3) is 0 Å². The van der Waals surface area contributed by atoms with Crippen molar-refractivity contribution >= 4 is 51.4 Å². The lowest BCUT2D eigenvalue weighted by atomic mass is 10.1. The average Bonchev–Trinajstić information content (AvgIpc) is 3.50. The number of rotatable bonds is 7. The van der Waals surface area contributed by atoms with Crippen molar-refractivity contribution in [2.75, 3.05) is 4.90 Å². The quantitative estimate of drug-likeness (QED) is 0.335. The highest BCUT2D eigenvalue weighted by molar-refractivity contribution is 7.14. The van der Waals surface area contributed by atoms with Crippen LogP contribution in [0.5, 0.6) is 0 Å². The topological polar surface area (TPSA) is 62.3 Å². The zero-order valence-electron chi connectivity index (χ0n) is 17.6. The Labute approximate surface area is 198 Å². The second-order valence-electron chi connectivity index (χ2n) is 7.09. The van der Waals surface area contributed by atoms with Crippen molar-refractivity contribution in [2.45, 2.75) is 13.0 Å². The highest BCUT2D eigenvalue weighted by Gasteiger charge is 2.18. The van der Waals surface area contributed by atoms with Crippen LogP contribution < -0.4 is 10.2 Å². The summed E-state index contributed by atoms with van der Waals surface area (Å²) in [6.07, 6.45) is 3.01. The number of thiazole rings is 1. The van der Waals surface area contributed by atoms with Gasteiger partial charge in [-0.05, 0) is 47.4 Å². The fraction of sp³-hybridized carbons (Fsp3) is 0.0800. The van der Waals surface area contributed by atoms with Gasteiger partial charge < -0.3 is 5.32 Å². The summed E-state index contributed by atoms with van der Waals surface area (Å²) in [5, 5.41) is 7.21. The van der Waals surface area contributed by atoms with Gasteiger partial charge in [0.2, 0.25) is 11.8 Å². The molecule has 0 saturated carbocycles. The van der Waals surface area contributed by atoms with Crippen molar-refractivity contribution in [1.29, 1.82) is 0 Å². The first kappa shape index (κ1) is 22.6. The van der Waals surface area contributed by atoms with Gasteiger partial charge in [0, 0.05) is 23.3 Å². The van der Waals surface area contributed by atoms with Gasteiger partial charge in [0.15, 0.2) is 5.13 Å². The zero-order valence-corrected chi connectivity index (χ0v) is 19.3. The van der Waals surface area contributed by atoms with E-state index in [1.165, 1.54) is 52.7 Å². The van der Waals surface area contributed by atoms with E-state index in [1.807, 2.05) is 47.8 Å². The fourth-order valence-corrected chi connectivity index (χ4v) is 4.90. The van der Waals surface area contributed by atoms with Gasteiger partial charge in [0.05, 0.1) is 17.4 Å².